The summed E-state index contributed by atoms with van der Waals surface area (Å²) in [6.45, 7) is 10.1. The minimum Gasteiger partial charge on any atom is -0.375 e. The van der Waals surface area contributed by atoms with Crippen LogP contribution in [0.3, 0.4) is 0 Å². The van der Waals surface area contributed by atoms with Gasteiger partial charge in [0.2, 0.25) is 0 Å². The Hall–Kier alpha value is -1.62. The molecular formula is C16H25N3O2. The van der Waals surface area contributed by atoms with E-state index in [9.17, 15) is 4.79 Å². The van der Waals surface area contributed by atoms with E-state index in [1.807, 2.05) is 44.7 Å². The van der Waals surface area contributed by atoms with Crippen molar-refractivity contribution in [3.05, 3.63) is 23.4 Å². The largest absolute Gasteiger partial charge is 0.375 e. The summed E-state index contributed by atoms with van der Waals surface area (Å²) in [5.41, 5.74) is 1.64. The molecule has 1 aromatic rings. The summed E-state index contributed by atoms with van der Waals surface area (Å²) < 4.78 is 5.59. The second kappa shape index (κ2) is 6.89. The molecule has 1 saturated heterocycles. The van der Waals surface area contributed by atoms with Gasteiger partial charge in [-0.1, -0.05) is 6.92 Å². The van der Waals surface area contributed by atoms with E-state index in [0.29, 0.717) is 18.7 Å². The van der Waals surface area contributed by atoms with Crippen molar-refractivity contribution in [2.45, 2.75) is 46.3 Å². The maximum atomic E-state index is 12.8. The average Bonchev–Trinajstić information content (AvgIpc) is 2.49. The number of carbonyl (C=O) groups excluding carboxylic acids is 1. The molecule has 2 heterocycles. The van der Waals surface area contributed by atoms with Gasteiger partial charge >= 0.3 is 0 Å². The van der Waals surface area contributed by atoms with Crippen LogP contribution in [-0.2, 0) is 11.2 Å². The lowest BCUT2D eigenvalue weighted by Gasteiger charge is -2.37. The third-order valence-corrected chi connectivity index (χ3v) is 3.71. The molecule has 1 aliphatic rings. The van der Waals surface area contributed by atoms with Crippen LogP contribution in [0, 0.1) is 0 Å². The van der Waals surface area contributed by atoms with Gasteiger partial charge in [-0.25, -0.2) is 4.98 Å². The van der Waals surface area contributed by atoms with Gasteiger partial charge in [-0.3, -0.25) is 4.79 Å². The predicted octanol–water partition coefficient (Wildman–Crippen LogP) is 2.33. The number of carbonyl (C=O) groups is 1. The highest BCUT2D eigenvalue weighted by Gasteiger charge is 2.28. The number of pyridine rings is 1. The van der Waals surface area contributed by atoms with Crippen LogP contribution in [-0.4, -0.2) is 47.6 Å². The van der Waals surface area contributed by atoms with E-state index in [2.05, 4.69) is 10.3 Å². The maximum Gasteiger partial charge on any atom is 0.254 e. The topological polar surface area (TPSA) is 54.5 Å². The van der Waals surface area contributed by atoms with Crippen LogP contribution in [0.15, 0.2) is 12.1 Å². The van der Waals surface area contributed by atoms with Crippen LogP contribution in [0.1, 0.15) is 43.7 Å². The first-order valence-electron chi connectivity index (χ1n) is 7.72. The summed E-state index contributed by atoms with van der Waals surface area (Å²) in [6.07, 6.45) is 0.903. The van der Waals surface area contributed by atoms with Gasteiger partial charge in [0.15, 0.2) is 0 Å². The summed E-state index contributed by atoms with van der Waals surface area (Å²) in [5.74, 6) is 0.836. The molecule has 1 aliphatic heterocycles. The molecule has 0 saturated carbocycles. The van der Waals surface area contributed by atoms with Crippen LogP contribution in [0.5, 0.6) is 0 Å². The molecule has 1 N–H and O–H groups in total. The lowest BCUT2D eigenvalue weighted by atomic mass is 10.1. The Morgan fingerprint density at radius 2 is 2.19 bits per heavy atom. The second-order valence-electron chi connectivity index (χ2n) is 5.57. The number of amides is 1. The molecule has 0 aromatic carbocycles. The van der Waals surface area contributed by atoms with Crippen LogP contribution >= 0.6 is 0 Å². The van der Waals surface area contributed by atoms with Gasteiger partial charge in [0.05, 0.1) is 18.8 Å². The van der Waals surface area contributed by atoms with E-state index < -0.39 is 0 Å². The number of aromatic nitrogens is 1. The third kappa shape index (κ3) is 3.73. The van der Waals surface area contributed by atoms with E-state index in [0.717, 1.165) is 24.5 Å². The van der Waals surface area contributed by atoms with Crippen LogP contribution in [0.25, 0.3) is 0 Å². The van der Waals surface area contributed by atoms with E-state index in [-0.39, 0.29) is 18.1 Å². The SMILES string of the molecule is CCNc1cc(C(=O)N2CC(C)OCC2C)cc(CC)n1. The fraction of sp³-hybridized carbons (Fsp3) is 0.625. The number of ether oxygens (including phenoxy) is 1. The van der Waals surface area contributed by atoms with E-state index >= 15 is 0 Å². The highest BCUT2D eigenvalue weighted by atomic mass is 16.5. The highest BCUT2D eigenvalue weighted by Crippen LogP contribution is 2.18. The number of nitrogens with one attached hydrogen (secondary N) is 1. The molecule has 2 rings (SSSR count). The summed E-state index contributed by atoms with van der Waals surface area (Å²) in [4.78, 5) is 19.2. The zero-order valence-corrected chi connectivity index (χ0v) is 13.3. The lowest BCUT2D eigenvalue weighted by molar-refractivity contribution is -0.0387. The molecule has 116 valence electrons. The van der Waals surface area contributed by atoms with Crippen LogP contribution < -0.4 is 5.32 Å². The quantitative estimate of drug-likeness (QED) is 0.925. The van der Waals surface area contributed by atoms with E-state index in [1.165, 1.54) is 0 Å². The molecule has 0 radical (unpaired) electrons. The molecule has 1 amide bonds. The number of nitrogens with zero attached hydrogens (tertiary/aromatic N) is 2. The van der Waals surface area contributed by atoms with E-state index in [1.54, 1.807) is 0 Å². The molecule has 1 aromatic heterocycles. The van der Waals surface area contributed by atoms with Crippen molar-refractivity contribution < 1.29 is 9.53 Å². The smallest absolute Gasteiger partial charge is 0.254 e. The van der Waals surface area contributed by atoms with Gasteiger partial charge in [-0.2, -0.15) is 0 Å². The summed E-state index contributed by atoms with van der Waals surface area (Å²) in [5, 5.41) is 3.19. The van der Waals surface area contributed by atoms with Crippen molar-refractivity contribution in [1.82, 2.24) is 9.88 Å². The minimum absolute atomic E-state index is 0.0638. The Kier molecular flexibility index (Phi) is 5.17. The Bertz CT molecular complexity index is 504. The molecule has 5 heteroatoms. The summed E-state index contributed by atoms with van der Waals surface area (Å²) >= 11 is 0. The van der Waals surface area contributed by atoms with E-state index in [4.69, 9.17) is 4.74 Å². The average molecular weight is 291 g/mol. The summed E-state index contributed by atoms with van der Waals surface area (Å²) in [6, 6.07) is 3.85. The number of anilines is 1. The highest BCUT2D eigenvalue weighted by molar-refractivity contribution is 5.95. The Morgan fingerprint density at radius 3 is 2.86 bits per heavy atom. The molecule has 0 aliphatic carbocycles. The second-order valence-corrected chi connectivity index (χ2v) is 5.57. The molecule has 5 nitrogen and oxygen atoms in total. The molecule has 1 fully saturated rings. The van der Waals surface area contributed by atoms with Crippen molar-refractivity contribution in [3.63, 3.8) is 0 Å². The van der Waals surface area contributed by atoms with Gasteiger partial charge in [-0.15, -0.1) is 0 Å². The first-order chi connectivity index (χ1) is 10.0. The molecule has 0 bridgehead atoms. The van der Waals surface area contributed by atoms with Crippen molar-refractivity contribution in [2.24, 2.45) is 0 Å². The first-order valence-corrected chi connectivity index (χ1v) is 7.72. The van der Waals surface area contributed by atoms with Crippen molar-refractivity contribution >= 4 is 11.7 Å². The zero-order chi connectivity index (χ0) is 15.4. The molecule has 21 heavy (non-hydrogen) atoms. The molecule has 2 atom stereocenters. The standard InChI is InChI=1S/C16H25N3O2/c1-5-14-7-13(8-15(18-14)17-6-2)16(20)19-9-12(4)21-10-11(19)3/h7-8,11-12H,5-6,9-10H2,1-4H3,(H,17,18). The number of morpholine rings is 1. The summed E-state index contributed by atoms with van der Waals surface area (Å²) in [7, 11) is 0. The number of hydrogen-bond donors (Lipinski definition) is 1. The van der Waals surface area contributed by atoms with Crippen molar-refractivity contribution in [2.75, 3.05) is 25.0 Å². The zero-order valence-electron chi connectivity index (χ0n) is 13.3. The van der Waals surface area contributed by atoms with Gasteiger partial charge in [0.25, 0.3) is 5.91 Å². The van der Waals surface area contributed by atoms with Crippen LogP contribution in [0.4, 0.5) is 5.82 Å². The number of aryl methyl sites for hydroxylation is 1. The Labute approximate surface area is 126 Å². The Morgan fingerprint density at radius 1 is 1.43 bits per heavy atom. The monoisotopic (exact) mass is 291 g/mol. The minimum atomic E-state index is 0.0638. The third-order valence-electron chi connectivity index (χ3n) is 3.71. The molecule has 2 unspecified atom stereocenters. The maximum absolute atomic E-state index is 12.8. The van der Waals surface area contributed by atoms with Gasteiger partial charge in [0, 0.05) is 24.3 Å². The molecule has 0 spiro atoms. The fourth-order valence-electron chi connectivity index (χ4n) is 2.52. The Balaban J connectivity index is 2.26. The fourth-order valence-corrected chi connectivity index (χ4v) is 2.52. The lowest BCUT2D eigenvalue weighted by Crippen LogP contribution is -2.50. The van der Waals surface area contributed by atoms with Crippen molar-refractivity contribution in [3.8, 4) is 0 Å². The first kappa shape index (κ1) is 15.8. The van der Waals surface area contributed by atoms with Crippen molar-refractivity contribution in [1.29, 1.82) is 0 Å². The van der Waals surface area contributed by atoms with Crippen LogP contribution in [0.2, 0.25) is 0 Å². The number of rotatable bonds is 4. The normalized spacial score (nSPS) is 22.2. The van der Waals surface area contributed by atoms with Gasteiger partial charge in [0.1, 0.15) is 5.82 Å². The predicted molar refractivity (Wildman–Crippen MR) is 83.7 cm³/mol. The van der Waals surface area contributed by atoms with Gasteiger partial charge < -0.3 is 15.0 Å². The number of hydrogen-bond acceptors (Lipinski definition) is 4. The van der Waals surface area contributed by atoms with Gasteiger partial charge in [-0.05, 0) is 39.3 Å². The molecular weight excluding hydrogens is 266 g/mol.